The number of nitrogens with zero attached hydrogens (tertiary/aromatic N) is 1. The molecule has 82 valence electrons. The van der Waals surface area contributed by atoms with E-state index >= 15 is 0 Å². The summed E-state index contributed by atoms with van der Waals surface area (Å²) in [5, 5.41) is 1.45. The fourth-order valence-corrected chi connectivity index (χ4v) is 1.78. The Hall–Kier alpha value is -1.32. The quantitative estimate of drug-likeness (QED) is 0.580. The van der Waals surface area contributed by atoms with Crippen LogP contribution in [0.1, 0.15) is 10.4 Å². The van der Waals surface area contributed by atoms with Gasteiger partial charge in [-0.3, -0.25) is 0 Å². The Labute approximate surface area is 102 Å². The number of esters is 1. The van der Waals surface area contributed by atoms with Crippen LogP contribution in [0.15, 0.2) is 24.3 Å². The maximum Gasteiger partial charge on any atom is 0.341 e. The van der Waals surface area contributed by atoms with Crippen molar-refractivity contribution < 1.29 is 9.53 Å². The van der Waals surface area contributed by atoms with E-state index in [0.29, 0.717) is 10.5 Å². The normalized spacial score (nSPS) is 10.4. The number of rotatable bonds is 1. The summed E-state index contributed by atoms with van der Waals surface area (Å²) in [6.07, 6.45) is 0. The topological polar surface area (TPSA) is 39.2 Å². The van der Waals surface area contributed by atoms with Crippen molar-refractivity contribution in [3.05, 3.63) is 40.0 Å². The van der Waals surface area contributed by atoms with Gasteiger partial charge in [0.1, 0.15) is 5.15 Å². The Morgan fingerprint density at radius 3 is 2.75 bits per heavy atom. The van der Waals surface area contributed by atoms with Crippen LogP contribution < -0.4 is 0 Å². The molecule has 16 heavy (non-hydrogen) atoms. The highest BCUT2D eigenvalue weighted by atomic mass is 35.5. The molecule has 5 heteroatoms. The van der Waals surface area contributed by atoms with E-state index in [2.05, 4.69) is 9.72 Å². The van der Waals surface area contributed by atoms with Crippen LogP contribution in [0.25, 0.3) is 10.9 Å². The number of ether oxygens (including phenoxy) is 1. The number of fused-ring (bicyclic) bond motifs is 1. The Kier molecular flexibility index (Phi) is 2.99. The average molecular weight is 256 g/mol. The third-order valence-electron chi connectivity index (χ3n) is 2.14. The monoisotopic (exact) mass is 255 g/mol. The van der Waals surface area contributed by atoms with E-state index in [4.69, 9.17) is 23.2 Å². The van der Waals surface area contributed by atoms with Gasteiger partial charge in [0.2, 0.25) is 0 Å². The molecule has 3 nitrogen and oxygen atoms in total. The first-order valence-corrected chi connectivity index (χ1v) is 5.21. The van der Waals surface area contributed by atoms with Gasteiger partial charge in [-0.1, -0.05) is 23.2 Å². The van der Waals surface area contributed by atoms with E-state index in [-0.39, 0.29) is 10.7 Å². The molecular formula is C11H7Cl2NO2. The number of methoxy groups -OCH3 is 1. The average Bonchev–Trinajstić information content (AvgIpc) is 2.28. The Balaban J connectivity index is 2.68. The van der Waals surface area contributed by atoms with Crippen molar-refractivity contribution in [3.63, 3.8) is 0 Å². The molecule has 0 fully saturated rings. The first-order valence-electron chi connectivity index (χ1n) is 4.46. The van der Waals surface area contributed by atoms with Crippen molar-refractivity contribution in [2.24, 2.45) is 0 Å². The predicted molar refractivity (Wildman–Crippen MR) is 63.1 cm³/mol. The molecule has 0 spiro atoms. The maximum atomic E-state index is 11.4. The molecule has 2 aromatic rings. The van der Waals surface area contributed by atoms with Gasteiger partial charge in [-0.2, -0.15) is 0 Å². The smallest absolute Gasteiger partial charge is 0.341 e. The lowest BCUT2D eigenvalue weighted by Crippen LogP contribution is -2.03. The van der Waals surface area contributed by atoms with Gasteiger partial charge in [-0.05, 0) is 24.3 Å². The van der Waals surface area contributed by atoms with Crippen LogP contribution in [0.3, 0.4) is 0 Å². The SMILES string of the molecule is COC(=O)c1cc2cc(Cl)ccc2nc1Cl. The molecular weight excluding hydrogens is 249 g/mol. The molecule has 1 heterocycles. The Morgan fingerprint density at radius 2 is 2.06 bits per heavy atom. The molecule has 0 saturated heterocycles. The van der Waals surface area contributed by atoms with Gasteiger partial charge >= 0.3 is 5.97 Å². The Bertz CT molecular complexity index is 569. The number of pyridine rings is 1. The number of halogens is 2. The molecule has 0 aliphatic rings. The van der Waals surface area contributed by atoms with E-state index in [1.165, 1.54) is 7.11 Å². The lowest BCUT2D eigenvalue weighted by Gasteiger charge is -2.04. The fourth-order valence-electron chi connectivity index (χ4n) is 1.38. The van der Waals surface area contributed by atoms with Gasteiger partial charge in [0.05, 0.1) is 18.2 Å². The molecule has 0 N–H and O–H groups in total. The van der Waals surface area contributed by atoms with Crippen molar-refractivity contribution in [2.75, 3.05) is 7.11 Å². The third-order valence-corrected chi connectivity index (χ3v) is 2.66. The summed E-state index contributed by atoms with van der Waals surface area (Å²) in [5.74, 6) is -0.514. The summed E-state index contributed by atoms with van der Waals surface area (Å²) in [6, 6.07) is 6.78. The van der Waals surface area contributed by atoms with Crippen molar-refractivity contribution >= 4 is 40.1 Å². The molecule has 0 unspecified atom stereocenters. The van der Waals surface area contributed by atoms with E-state index in [1.54, 1.807) is 24.3 Å². The van der Waals surface area contributed by atoms with Gasteiger partial charge < -0.3 is 4.74 Å². The molecule has 1 aromatic heterocycles. The van der Waals surface area contributed by atoms with Crippen LogP contribution in [0.2, 0.25) is 10.2 Å². The molecule has 2 rings (SSSR count). The van der Waals surface area contributed by atoms with Gasteiger partial charge in [0.15, 0.2) is 0 Å². The molecule has 0 atom stereocenters. The number of benzene rings is 1. The second-order valence-corrected chi connectivity index (χ2v) is 3.95. The lowest BCUT2D eigenvalue weighted by molar-refractivity contribution is 0.0600. The maximum absolute atomic E-state index is 11.4. The van der Waals surface area contributed by atoms with Gasteiger partial charge in [0.25, 0.3) is 0 Å². The minimum Gasteiger partial charge on any atom is -0.465 e. The summed E-state index contributed by atoms with van der Waals surface area (Å²) < 4.78 is 4.60. The zero-order valence-electron chi connectivity index (χ0n) is 8.33. The van der Waals surface area contributed by atoms with Crippen LogP contribution in [-0.2, 0) is 4.74 Å². The van der Waals surface area contributed by atoms with E-state index in [0.717, 1.165) is 5.39 Å². The molecule has 0 amide bonds. The molecule has 1 aromatic carbocycles. The second-order valence-electron chi connectivity index (χ2n) is 3.16. The summed E-state index contributed by atoms with van der Waals surface area (Å²) >= 11 is 11.7. The number of carbonyl (C=O) groups excluding carboxylic acids is 1. The number of carbonyl (C=O) groups is 1. The molecule has 0 radical (unpaired) electrons. The van der Waals surface area contributed by atoms with E-state index in [9.17, 15) is 4.79 Å². The van der Waals surface area contributed by atoms with Crippen molar-refractivity contribution in [3.8, 4) is 0 Å². The van der Waals surface area contributed by atoms with Gasteiger partial charge in [-0.25, -0.2) is 9.78 Å². The predicted octanol–water partition coefficient (Wildman–Crippen LogP) is 3.33. The minimum atomic E-state index is -0.514. The Morgan fingerprint density at radius 1 is 1.31 bits per heavy atom. The van der Waals surface area contributed by atoms with Crippen LogP contribution >= 0.6 is 23.2 Å². The summed E-state index contributed by atoms with van der Waals surface area (Å²) in [4.78, 5) is 15.5. The van der Waals surface area contributed by atoms with Gasteiger partial charge in [-0.15, -0.1) is 0 Å². The molecule has 0 saturated carbocycles. The molecule has 0 bridgehead atoms. The fraction of sp³-hybridized carbons (Fsp3) is 0.0909. The highest BCUT2D eigenvalue weighted by molar-refractivity contribution is 6.33. The summed E-state index contributed by atoms with van der Waals surface area (Å²) in [7, 11) is 1.29. The largest absolute Gasteiger partial charge is 0.465 e. The number of aromatic nitrogens is 1. The van der Waals surface area contributed by atoms with Crippen molar-refractivity contribution in [2.45, 2.75) is 0 Å². The van der Waals surface area contributed by atoms with Crippen molar-refractivity contribution in [1.29, 1.82) is 0 Å². The lowest BCUT2D eigenvalue weighted by atomic mass is 10.1. The third kappa shape index (κ3) is 1.96. The zero-order valence-corrected chi connectivity index (χ0v) is 9.84. The van der Waals surface area contributed by atoms with E-state index < -0.39 is 5.97 Å². The van der Waals surface area contributed by atoms with Gasteiger partial charge in [0, 0.05) is 10.4 Å². The first-order chi connectivity index (χ1) is 7.61. The summed E-state index contributed by atoms with van der Waals surface area (Å²) in [5.41, 5.74) is 0.918. The number of hydrogen-bond acceptors (Lipinski definition) is 3. The van der Waals surface area contributed by atoms with Crippen LogP contribution in [0.5, 0.6) is 0 Å². The number of hydrogen-bond donors (Lipinski definition) is 0. The van der Waals surface area contributed by atoms with Crippen LogP contribution in [0, 0.1) is 0 Å². The molecule has 0 aliphatic heterocycles. The highest BCUT2D eigenvalue weighted by Crippen LogP contribution is 2.23. The van der Waals surface area contributed by atoms with Crippen LogP contribution in [-0.4, -0.2) is 18.1 Å². The zero-order chi connectivity index (χ0) is 11.7. The molecule has 0 aliphatic carbocycles. The van der Waals surface area contributed by atoms with Crippen molar-refractivity contribution in [1.82, 2.24) is 4.98 Å². The minimum absolute atomic E-state index is 0.127. The van der Waals surface area contributed by atoms with E-state index in [1.807, 2.05) is 0 Å². The highest BCUT2D eigenvalue weighted by Gasteiger charge is 2.13. The second kappa shape index (κ2) is 4.28. The summed E-state index contributed by atoms with van der Waals surface area (Å²) in [6.45, 7) is 0. The first kappa shape index (κ1) is 11.2. The van der Waals surface area contributed by atoms with Crippen LogP contribution in [0.4, 0.5) is 0 Å². The standard InChI is InChI=1S/C11H7Cl2NO2/c1-16-11(15)8-5-6-4-7(12)2-3-9(6)14-10(8)13/h2-5H,1H3.